The molecule has 0 saturated carbocycles. The normalized spacial score (nSPS) is 15.3. The van der Waals surface area contributed by atoms with Crippen LogP contribution in [0, 0.1) is 0 Å². The molecule has 1 aliphatic heterocycles. The van der Waals surface area contributed by atoms with Gasteiger partial charge in [-0.1, -0.05) is 18.2 Å². The van der Waals surface area contributed by atoms with Crippen LogP contribution in [0.25, 0.3) is 5.69 Å². The summed E-state index contributed by atoms with van der Waals surface area (Å²) in [5.41, 5.74) is 1.00. The van der Waals surface area contributed by atoms with Crippen molar-refractivity contribution in [1.82, 2.24) is 35.1 Å². The summed E-state index contributed by atoms with van der Waals surface area (Å²) in [6.45, 7) is 5.11. The molecule has 0 N–H and O–H groups in total. The fraction of sp³-hybridized carbons (Fsp3) is 0.389. The van der Waals surface area contributed by atoms with Crippen molar-refractivity contribution in [3.8, 4) is 5.69 Å². The lowest BCUT2D eigenvalue weighted by atomic mass is 10.2. The SMILES string of the molecule is c1ccc(-n2nnnc2CCCN2CCN(c3cnccn3)CC2)cc1. The van der Waals surface area contributed by atoms with Crippen LogP contribution >= 0.6 is 0 Å². The highest BCUT2D eigenvalue weighted by Crippen LogP contribution is 2.13. The zero-order valence-corrected chi connectivity index (χ0v) is 14.6. The Balaban J connectivity index is 1.26. The topological polar surface area (TPSA) is 75.9 Å². The van der Waals surface area contributed by atoms with E-state index in [4.69, 9.17) is 0 Å². The minimum Gasteiger partial charge on any atom is -0.353 e. The average Bonchev–Trinajstić information content (AvgIpc) is 3.18. The second kappa shape index (κ2) is 8.01. The Kier molecular flexibility index (Phi) is 5.11. The van der Waals surface area contributed by atoms with Crippen LogP contribution in [0.15, 0.2) is 48.9 Å². The molecule has 3 heterocycles. The lowest BCUT2D eigenvalue weighted by molar-refractivity contribution is 0.254. The molecule has 0 spiro atoms. The van der Waals surface area contributed by atoms with E-state index in [-0.39, 0.29) is 0 Å². The second-order valence-electron chi connectivity index (χ2n) is 6.34. The summed E-state index contributed by atoms with van der Waals surface area (Å²) < 4.78 is 1.83. The number of benzene rings is 1. The number of rotatable bonds is 6. The van der Waals surface area contributed by atoms with Gasteiger partial charge in [0.05, 0.1) is 11.9 Å². The van der Waals surface area contributed by atoms with Gasteiger partial charge >= 0.3 is 0 Å². The van der Waals surface area contributed by atoms with Crippen LogP contribution in [0.4, 0.5) is 5.82 Å². The van der Waals surface area contributed by atoms with Gasteiger partial charge in [0.1, 0.15) is 5.82 Å². The maximum Gasteiger partial charge on any atom is 0.156 e. The molecule has 1 aliphatic rings. The molecule has 0 atom stereocenters. The Labute approximate surface area is 152 Å². The number of aromatic nitrogens is 6. The lowest BCUT2D eigenvalue weighted by Gasteiger charge is -2.35. The summed E-state index contributed by atoms with van der Waals surface area (Å²) >= 11 is 0. The Bertz CT molecular complexity index is 796. The van der Waals surface area contributed by atoms with Crippen molar-refractivity contribution >= 4 is 5.82 Å². The van der Waals surface area contributed by atoms with Gasteiger partial charge in [0.15, 0.2) is 5.82 Å². The molecule has 0 unspecified atom stereocenters. The van der Waals surface area contributed by atoms with Crippen LogP contribution in [-0.2, 0) is 6.42 Å². The summed E-state index contributed by atoms with van der Waals surface area (Å²) in [6.07, 6.45) is 7.20. The number of aryl methyl sites for hydroxylation is 1. The van der Waals surface area contributed by atoms with Gasteiger partial charge in [0, 0.05) is 45.0 Å². The molecule has 1 aromatic carbocycles. The van der Waals surface area contributed by atoms with E-state index in [0.29, 0.717) is 0 Å². The van der Waals surface area contributed by atoms with Gasteiger partial charge in [-0.25, -0.2) is 4.98 Å². The van der Waals surface area contributed by atoms with Crippen molar-refractivity contribution < 1.29 is 0 Å². The molecular formula is C18H22N8. The zero-order chi connectivity index (χ0) is 17.6. The maximum absolute atomic E-state index is 4.38. The monoisotopic (exact) mass is 350 g/mol. The first-order valence-corrected chi connectivity index (χ1v) is 8.96. The number of hydrogen-bond donors (Lipinski definition) is 0. The van der Waals surface area contributed by atoms with Crippen molar-refractivity contribution in [3.63, 3.8) is 0 Å². The molecule has 26 heavy (non-hydrogen) atoms. The molecule has 1 fully saturated rings. The van der Waals surface area contributed by atoms with Crippen LogP contribution in [-0.4, -0.2) is 67.8 Å². The zero-order valence-electron chi connectivity index (χ0n) is 14.6. The van der Waals surface area contributed by atoms with Crippen LogP contribution < -0.4 is 4.90 Å². The molecule has 0 aliphatic carbocycles. The van der Waals surface area contributed by atoms with Crippen molar-refractivity contribution in [3.05, 3.63) is 54.7 Å². The lowest BCUT2D eigenvalue weighted by Crippen LogP contribution is -2.47. The van der Waals surface area contributed by atoms with Gasteiger partial charge in [-0.3, -0.25) is 9.88 Å². The molecule has 0 radical (unpaired) electrons. The number of nitrogens with zero attached hydrogens (tertiary/aromatic N) is 8. The highest BCUT2D eigenvalue weighted by atomic mass is 15.5. The highest BCUT2D eigenvalue weighted by molar-refractivity contribution is 5.35. The summed E-state index contributed by atoms with van der Waals surface area (Å²) in [5, 5.41) is 12.1. The third-order valence-corrected chi connectivity index (χ3v) is 4.66. The minimum absolute atomic E-state index is 0.867. The Morgan fingerprint density at radius 2 is 1.81 bits per heavy atom. The maximum atomic E-state index is 4.38. The van der Waals surface area contributed by atoms with E-state index in [2.05, 4.69) is 35.3 Å². The van der Waals surface area contributed by atoms with Gasteiger partial charge in [0.25, 0.3) is 0 Å². The number of tetrazole rings is 1. The second-order valence-corrected chi connectivity index (χ2v) is 6.34. The largest absolute Gasteiger partial charge is 0.353 e. The number of anilines is 1. The summed E-state index contributed by atoms with van der Waals surface area (Å²) in [7, 11) is 0. The third kappa shape index (κ3) is 3.85. The van der Waals surface area contributed by atoms with E-state index in [0.717, 1.165) is 62.9 Å². The molecular weight excluding hydrogens is 328 g/mol. The van der Waals surface area contributed by atoms with Crippen molar-refractivity contribution in [2.75, 3.05) is 37.6 Å². The van der Waals surface area contributed by atoms with Crippen LogP contribution in [0.3, 0.4) is 0 Å². The first-order chi connectivity index (χ1) is 12.9. The van der Waals surface area contributed by atoms with E-state index < -0.39 is 0 Å². The van der Waals surface area contributed by atoms with Crippen molar-refractivity contribution in [2.45, 2.75) is 12.8 Å². The number of para-hydroxylation sites is 1. The molecule has 8 heteroatoms. The molecule has 134 valence electrons. The fourth-order valence-electron chi connectivity index (χ4n) is 3.25. The molecule has 0 bridgehead atoms. The first kappa shape index (κ1) is 16.6. The van der Waals surface area contributed by atoms with Crippen molar-refractivity contribution in [2.24, 2.45) is 0 Å². The van der Waals surface area contributed by atoms with Crippen LogP contribution in [0.2, 0.25) is 0 Å². The Hall–Kier alpha value is -2.87. The quantitative estimate of drug-likeness (QED) is 0.661. The summed E-state index contributed by atoms with van der Waals surface area (Å²) in [5.74, 6) is 1.88. The van der Waals surface area contributed by atoms with Crippen molar-refractivity contribution in [1.29, 1.82) is 0 Å². The van der Waals surface area contributed by atoms with E-state index in [9.17, 15) is 0 Å². The summed E-state index contributed by atoms with van der Waals surface area (Å²) in [4.78, 5) is 13.3. The Morgan fingerprint density at radius 1 is 0.962 bits per heavy atom. The van der Waals surface area contributed by atoms with Gasteiger partial charge in [-0.15, -0.1) is 5.10 Å². The summed E-state index contributed by atoms with van der Waals surface area (Å²) in [6, 6.07) is 10.0. The minimum atomic E-state index is 0.867. The van der Waals surface area contributed by atoms with E-state index >= 15 is 0 Å². The van der Waals surface area contributed by atoms with E-state index in [1.54, 1.807) is 12.4 Å². The predicted octanol–water partition coefficient (Wildman–Crippen LogP) is 1.21. The average molecular weight is 350 g/mol. The smallest absolute Gasteiger partial charge is 0.156 e. The first-order valence-electron chi connectivity index (χ1n) is 8.96. The molecule has 1 saturated heterocycles. The van der Waals surface area contributed by atoms with E-state index in [1.165, 1.54) is 0 Å². The standard InChI is InChI=1S/C18H22N8/c1-2-5-16(6-3-1)26-17(21-22-23-26)7-4-10-24-11-13-25(14-12-24)18-15-19-8-9-20-18/h1-3,5-6,8-9,15H,4,7,10-14H2. The van der Waals surface area contributed by atoms with Crippen LogP contribution in [0.1, 0.15) is 12.2 Å². The molecule has 0 amide bonds. The molecule has 3 aromatic rings. The fourth-order valence-corrected chi connectivity index (χ4v) is 3.25. The molecule has 2 aromatic heterocycles. The van der Waals surface area contributed by atoms with Gasteiger partial charge < -0.3 is 4.90 Å². The van der Waals surface area contributed by atoms with Gasteiger partial charge in [-0.2, -0.15) is 4.68 Å². The third-order valence-electron chi connectivity index (χ3n) is 4.66. The van der Waals surface area contributed by atoms with E-state index in [1.807, 2.05) is 41.2 Å². The Morgan fingerprint density at radius 3 is 2.58 bits per heavy atom. The van der Waals surface area contributed by atoms with Crippen LogP contribution in [0.5, 0.6) is 0 Å². The molecule has 8 nitrogen and oxygen atoms in total. The predicted molar refractivity (Wildman–Crippen MR) is 98.2 cm³/mol. The number of hydrogen-bond acceptors (Lipinski definition) is 7. The number of piperazine rings is 1. The highest BCUT2D eigenvalue weighted by Gasteiger charge is 2.18. The van der Waals surface area contributed by atoms with Gasteiger partial charge in [-0.05, 0) is 35.5 Å². The molecule has 4 rings (SSSR count). The van der Waals surface area contributed by atoms with Gasteiger partial charge in [0.2, 0.25) is 0 Å².